The molecule has 1 atom stereocenters. The van der Waals surface area contributed by atoms with Crippen LogP contribution in [0.1, 0.15) is 17.2 Å². The smallest absolute Gasteiger partial charge is 0.378 e. The van der Waals surface area contributed by atoms with Gasteiger partial charge in [0, 0.05) is 11.6 Å². The summed E-state index contributed by atoms with van der Waals surface area (Å²) >= 11 is 5.61. The van der Waals surface area contributed by atoms with E-state index in [0.717, 1.165) is 6.07 Å². The average molecular weight is 266 g/mol. The van der Waals surface area contributed by atoms with E-state index in [9.17, 15) is 13.2 Å². The van der Waals surface area contributed by atoms with E-state index < -0.39 is 17.8 Å². The van der Waals surface area contributed by atoms with Crippen molar-refractivity contribution >= 4 is 11.6 Å². The Labute approximate surface area is 102 Å². The summed E-state index contributed by atoms with van der Waals surface area (Å²) in [5, 5.41) is 3.08. The van der Waals surface area contributed by atoms with Crippen molar-refractivity contribution in [2.75, 3.05) is 19.8 Å². The predicted molar refractivity (Wildman–Crippen MR) is 58.0 cm³/mol. The summed E-state index contributed by atoms with van der Waals surface area (Å²) in [4.78, 5) is 0. The van der Waals surface area contributed by atoms with Crippen LogP contribution in [-0.2, 0) is 10.9 Å². The molecular weight excluding hydrogens is 255 g/mol. The fourth-order valence-electron chi connectivity index (χ4n) is 1.84. The van der Waals surface area contributed by atoms with Crippen LogP contribution < -0.4 is 5.32 Å². The number of hydrogen-bond acceptors (Lipinski definition) is 2. The highest BCUT2D eigenvalue weighted by Crippen LogP contribution is 2.36. The standard InChI is InChI=1S/C11H11ClF3NO/c12-7-1-2-8(9(5-7)11(13,14)15)10-6-17-4-3-16-10/h1-2,5,10,16H,3-4,6H2. The third-order valence-corrected chi connectivity index (χ3v) is 2.85. The van der Waals surface area contributed by atoms with Gasteiger partial charge in [-0.2, -0.15) is 13.2 Å². The summed E-state index contributed by atoms with van der Waals surface area (Å²) in [6, 6.07) is 3.38. The second-order valence-corrected chi connectivity index (χ2v) is 4.25. The molecular formula is C11H11ClF3NO. The number of halogens is 4. The number of benzene rings is 1. The molecule has 2 rings (SSSR count). The molecule has 0 spiro atoms. The molecule has 1 aliphatic rings. The maximum Gasteiger partial charge on any atom is 0.416 e. The third-order valence-electron chi connectivity index (χ3n) is 2.62. The maximum absolute atomic E-state index is 12.9. The van der Waals surface area contributed by atoms with E-state index in [4.69, 9.17) is 16.3 Å². The van der Waals surface area contributed by atoms with Gasteiger partial charge in [-0.3, -0.25) is 0 Å². The van der Waals surface area contributed by atoms with Crippen molar-refractivity contribution in [1.82, 2.24) is 5.32 Å². The molecule has 0 saturated carbocycles. The Kier molecular flexibility index (Phi) is 3.61. The van der Waals surface area contributed by atoms with E-state index in [1.165, 1.54) is 12.1 Å². The van der Waals surface area contributed by atoms with Crippen molar-refractivity contribution in [1.29, 1.82) is 0 Å². The lowest BCUT2D eigenvalue weighted by atomic mass is 9.99. The van der Waals surface area contributed by atoms with E-state index in [-0.39, 0.29) is 17.2 Å². The van der Waals surface area contributed by atoms with Crippen LogP contribution in [0.25, 0.3) is 0 Å². The minimum absolute atomic E-state index is 0.0813. The van der Waals surface area contributed by atoms with Crippen molar-refractivity contribution in [3.63, 3.8) is 0 Å². The first-order chi connectivity index (χ1) is 7.98. The Hall–Kier alpha value is -0.780. The van der Waals surface area contributed by atoms with E-state index >= 15 is 0 Å². The lowest BCUT2D eigenvalue weighted by Gasteiger charge is -2.26. The second kappa shape index (κ2) is 4.84. The van der Waals surface area contributed by atoms with Gasteiger partial charge in [0.2, 0.25) is 0 Å². The van der Waals surface area contributed by atoms with Crippen molar-refractivity contribution < 1.29 is 17.9 Å². The molecule has 1 aromatic carbocycles. The summed E-state index contributed by atoms with van der Waals surface area (Å²) in [5.74, 6) is 0. The van der Waals surface area contributed by atoms with E-state index in [1.807, 2.05) is 0 Å². The van der Waals surface area contributed by atoms with E-state index in [0.29, 0.717) is 13.2 Å². The Morgan fingerprint density at radius 3 is 2.71 bits per heavy atom. The lowest BCUT2D eigenvalue weighted by molar-refractivity contribution is -0.138. The minimum atomic E-state index is -4.40. The first-order valence-corrected chi connectivity index (χ1v) is 5.54. The van der Waals surface area contributed by atoms with Gasteiger partial charge in [0.05, 0.1) is 24.8 Å². The second-order valence-electron chi connectivity index (χ2n) is 3.81. The SMILES string of the molecule is FC(F)(F)c1cc(Cl)ccc1C1COCCN1. The average Bonchev–Trinajstić information content (AvgIpc) is 2.29. The molecule has 6 heteroatoms. The maximum atomic E-state index is 12.9. The van der Waals surface area contributed by atoms with Gasteiger partial charge in [-0.15, -0.1) is 0 Å². The van der Waals surface area contributed by atoms with Gasteiger partial charge in [0.25, 0.3) is 0 Å². The molecule has 1 unspecified atom stereocenters. The lowest BCUT2D eigenvalue weighted by Crippen LogP contribution is -2.35. The minimum Gasteiger partial charge on any atom is -0.378 e. The largest absolute Gasteiger partial charge is 0.416 e. The summed E-state index contributed by atoms with van der Waals surface area (Å²) in [7, 11) is 0. The van der Waals surface area contributed by atoms with Crippen molar-refractivity contribution in [2.24, 2.45) is 0 Å². The zero-order valence-corrected chi connectivity index (χ0v) is 9.61. The number of hydrogen-bond donors (Lipinski definition) is 1. The molecule has 94 valence electrons. The Morgan fingerprint density at radius 2 is 2.12 bits per heavy atom. The highest BCUT2D eigenvalue weighted by Gasteiger charge is 2.35. The highest BCUT2D eigenvalue weighted by atomic mass is 35.5. The third kappa shape index (κ3) is 2.91. The summed E-state index contributed by atoms with van der Waals surface area (Å²) in [6.07, 6.45) is -4.40. The molecule has 1 heterocycles. The van der Waals surface area contributed by atoms with Crippen LogP contribution in [0.2, 0.25) is 5.02 Å². The predicted octanol–water partition coefficient (Wildman–Crippen LogP) is 3.02. The Morgan fingerprint density at radius 1 is 1.35 bits per heavy atom. The number of rotatable bonds is 1. The monoisotopic (exact) mass is 265 g/mol. The van der Waals surface area contributed by atoms with Crippen LogP contribution in [0.3, 0.4) is 0 Å². The van der Waals surface area contributed by atoms with Crippen LogP contribution in [-0.4, -0.2) is 19.8 Å². The molecule has 0 amide bonds. The van der Waals surface area contributed by atoms with E-state index in [1.54, 1.807) is 0 Å². The molecule has 1 fully saturated rings. The van der Waals surface area contributed by atoms with Gasteiger partial charge >= 0.3 is 6.18 Å². The van der Waals surface area contributed by atoms with Gasteiger partial charge in [-0.25, -0.2) is 0 Å². The Bertz CT molecular complexity index is 402. The molecule has 1 aromatic rings. The molecule has 0 aromatic heterocycles. The molecule has 1 saturated heterocycles. The highest BCUT2D eigenvalue weighted by molar-refractivity contribution is 6.30. The molecule has 0 aliphatic carbocycles. The van der Waals surface area contributed by atoms with Crippen LogP contribution in [0.5, 0.6) is 0 Å². The number of morpholine rings is 1. The van der Waals surface area contributed by atoms with Crippen LogP contribution >= 0.6 is 11.6 Å². The van der Waals surface area contributed by atoms with Crippen LogP contribution in [0.15, 0.2) is 18.2 Å². The summed E-state index contributed by atoms with van der Waals surface area (Å²) in [5.41, 5.74) is -0.519. The van der Waals surface area contributed by atoms with Crippen molar-refractivity contribution in [3.8, 4) is 0 Å². The number of alkyl halides is 3. The molecule has 17 heavy (non-hydrogen) atoms. The van der Waals surface area contributed by atoms with E-state index in [2.05, 4.69) is 5.32 Å². The first kappa shape index (κ1) is 12.7. The fourth-order valence-corrected chi connectivity index (χ4v) is 2.02. The van der Waals surface area contributed by atoms with Crippen molar-refractivity contribution in [3.05, 3.63) is 34.3 Å². The fraction of sp³-hybridized carbons (Fsp3) is 0.455. The first-order valence-electron chi connectivity index (χ1n) is 5.16. The van der Waals surface area contributed by atoms with Gasteiger partial charge in [-0.05, 0) is 17.7 Å². The van der Waals surface area contributed by atoms with Gasteiger partial charge in [0.1, 0.15) is 0 Å². The molecule has 0 bridgehead atoms. The topological polar surface area (TPSA) is 21.3 Å². The Balaban J connectivity index is 2.38. The normalized spacial score (nSPS) is 21.5. The zero-order valence-electron chi connectivity index (χ0n) is 8.85. The quantitative estimate of drug-likeness (QED) is 0.843. The number of nitrogens with one attached hydrogen (secondary N) is 1. The molecule has 1 aliphatic heterocycles. The van der Waals surface area contributed by atoms with Gasteiger partial charge in [-0.1, -0.05) is 17.7 Å². The molecule has 2 nitrogen and oxygen atoms in total. The summed E-state index contributed by atoms with van der Waals surface area (Å²) in [6.45, 7) is 1.31. The van der Waals surface area contributed by atoms with Crippen LogP contribution in [0, 0.1) is 0 Å². The summed E-state index contributed by atoms with van der Waals surface area (Å²) < 4.78 is 43.7. The van der Waals surface area contributed by atoms with Crippen molar-refractivity contribution in [2.45, 2.75) is 12.2 Å². The number of ether oxygens (including phenoxy) is 1. The molecule has 0 radical (unpaired) electrons. The van der Waals surface area contributed by atoms with Gasteiger partial charge < -0.3 is 10.1 Å². The molecule has 1 N–H and O–H groups in total. The van der Waals surface area contributed by atoms with Crippen LogP contribution in [0.4, 0.5) is 13.2 Å². The zero-order chi connectivity index (χ0) is 12.5. The van der Waals surface area contributed by atoms with Gasteiger partial charge in [0.15, 0.2) is 0 Å².